The summed E-state index contributed by atoms with van der Waals surface area (Å²) in [6, 6.07) is 0. The van der Waals surface area contributed by atoms with Crippen molar-refractivity contribution in [3.63, 3.8) is 0 Å². The second-order valence-electron chi connectivity index (χ2n) is 5.64. The third-order valence-corrected chi connectivity index (χ3v) is 3.76. The van der Waals surface area contributed by atoms with Crippen LogP contribution in [0.3, 0.4) is 0 Å². The Hall–Kier alpha value is -3.17. The number of furan rings is 1. The minimum atomic E-state index is -0.683. The van der Waals surface area contributed by atoms with Gasteiger partial charge in [0.1, 0.15) is 29.6 Å². The topological polar surface area (TPSA) is 130 Å². The molecule has 0 spiro atoms. The number of aromatic nitrogens is 2. The summed E-state index contributed by atoms with van der Waals surface area (Å²) in [5.41, 5.74) is -0.558. The lowest BCUT2D eigenvalue weighted by Gasteiger charge is -2.07. The second-order valence-corrected chi connectivity index (χ2v) is 5.64. The van der Waals surface area contributed by atoms with Gasteiger partial charge in [-0.15, -0.1) is 0 Å². The van der Waals surface area contributed by atoms with Gasteiger partial charge in [0.2, 0.25) is 11.6 Å². The van der Waals surface area contributed by atoms with Gasteiger partial charge >= 0.3 is 11.9 Å². The molecular weight excluding hydrogens is 358 g/mol. The third-order valence-electron chi connectivity index (χ3n) is 3.76. The Kier molecular flexibility index (Phi) is 6.69. The molecule has 27 heavy (non-hydrogen) atoms. The SMILES string of the molecule is CCOC(=O)c1c(C)oc2ncn(CC(=O)NCCCC(=O)OC)c(=O)c12. The first-order valence-electron chi connectivity index (χ1n) is 8.38. The van der Waals surface area contributed by atoms with E-state index in [9.17, 15) is 19.2 Å². The molecule has 0 aliphatic carbocycles. The molecular formula is C17H21N3O7. The molecule has 2 aromatic heterocycles. The summed E-state index contributed by atoms with van der Waals surface area (Å²) in [5, 5.41) is 2.58. The number of esters is 2. The van der Waals surface area contributed by atoms with Crippen molar-refractivity contribution in [2.24, 2.45) is 0 Å². The number of nitrogens with one attached hydrogen (secondary N) is 1. The lowest BCUT2D eigenvalue weighted by molar-refractivity contribution is -0.140. The summed E-state index contributed by atoms with van der Waals surface area (Å²) in [4.78, 5) is 51.8. The Labute approximate surface area is 154 Å². The fraction of sp³-hybridized carbons (Fsp3) is 0.471. The minimum Gasteiger partial charge on any atom is -0.469 e. The fourth-order valence-electron chi connectivity index (χ4n) is 2.47. The van der Waals surface area contributed by atoms with Crippen molar-refractivity contribution in [2.75, 3.05) is 20.3 Å². The van der Waals surface area contributed by atoms with E-state index in [1.165, 1.54) is 20.4 Å². The van der Waals surface area contributed by atoms with Gasteiger partial charge in [-0.05, 0) is 20.3 Å². The van der Waals surface area contributed by atoms with Crippen molar-refractivity contribution in [1.82, 2.24) is 14.9 Å². The maximum Gasteiger partial charge on any atom is 0.342 e. The molecule has 2 aromatic rings. The van der Waals surface area contributed by atoms with Gasteiger partial charge in [-0.2, -0.15) is 0 Å². The van der Waals surface area contributed by atoms with Crippen LogP contribution in [0.1, 0.15) is 35.9 Å². The Bertz CT molecular complexity index is 913. The van der Waals surface area contributed by atoms with E-state index in [-0.39, 0.29) is 54.5 Å². The second kappa shape index (κ2) is 8.97. The summed E-state index contributed by atoms with van der Waals surface area (Å²) in [7, 11) is 1.29. The Morgan fingerprint density at radius 3 is 2.74 bits per heavy atom. The molecule has 1 N–H and O–H groups in total. The number of carbonyl (C=O) groups is 3. The first-order chi connectivity index (χ1) is 12.9. The zero-order chi connectivity index (χ0) is 20.0. The Morgan fingerprint density at radius 1 is 1.33 bits per heavy atom. The summed E-state index contributed by atoms with van der Waals surface area (Å²) in [6.45, 7) is 3.30. The number of hydrogen-bond acceptors (Lipinski definition) is 8. The van der Waals surface area contributed by atoms with Gasteiger partial charge in [0.25, 0.3) is 5.56 Å². The number of methoxy groups -OCH3 is 1. The van der Waals surface area contributed by atoms with Crippen LogP contribution < -0.4 is 10.9 Å². The maximum absolute atomic E-state index is 12.7. The molecule has 0 radical (unpaired) electrons. The average Bonchev–Trinajstić information content (AvgIpc) is 2.98. The number of carbonyl (C=O) groups excluding carboxylic acids is 3. The molecule has 1 amide bonds. The molecule has 10 nitrogen and oxygen atoms in total. The number of hydrogen-bond donors (Lipinski definition) is 1. The van der Waals surface area contributed by atoms with Crippen LogP contribution in [0.5, 0.6) is 0 Å². The van der Waals surface area contributed by atoms with Gasteiger partial charge in [-0.1, -0.05) is 0 Å². The molecule has 146 valence electrons. The number of rotatable bonds is 8. The molecule has 0 aliphatic heterocycles. The number of aryl methyl sites for hydroxylation is 1. The van der Waals surface area contributed by atoms with Crippen molar-refractivity contribution < 1.29 is 28.3 Å². The molecule has 0 saturated heterocycles. The third kappa shape index (κ3) is 4.72. The van der Waals surface area contributed by atoms with Crippen LogP contribution >= 0.6 is 0 Å². The molecule has 0 saturated carbocycles. The van der Waals surface area contributed by atoms with E-state index < -0.39 is 17.4 Å². The summed E-state index contributed by atoms with van der Waals surface area (Å²) >= 11 is 0. The highest BCUT2D eigenvalue weighted by Crippen LogP contribution is 2.21. The molecule has 0 bridgehead atoms. The molecule has 2 rings (SSSR count). The molecule has 0 fully saturated rings. The van der Waals surface area contributed by atoms with Crippen LogP contribution in [0.4, 0.5) is 0 Å². The van der Waals surface area contributed by atoms with E-state index in [2.05, 4.69) is 15.0 Å². The van der Waals surface area contributed by atoms with Crippen LogP contribution in [-0.4, -0.2) is 47.7 Å². The predicted octanol–water partition coefficient (Wildman–Crippen LogP) is 0.544. The van der Waals surface area contributed by atoms with E-state index in [1.807, 2.05) is 0 Å². The van der Waals surface area contributed by atoms with Crippen molar-refractivity contribution >= 4 is 28.9 Å². The number of nitrogens with zero attached hydrogens (tertiary/aromatic N) is 2. The molecule has 10 heteroatoms. The van der Waals surface area contributed by atoms with Gasteiger partial charge in [0.05, 0.1) is 13.7 Å². The maximum atomic E-state index is 12.7. The van der Waals surface area contributed by atoms with E-state index in [0.717, 1.165) is 4.57 Å². The van der Waals surface area contributed by atoms with Gasteiger partial charge in [-0.25, -0.2) is 9.78 Å². The van der Waals surface area contributed by atoms with Crippen LogP contribution in [0.15, 0.2) is 15.5 Å². The zero-order valence-electron chi connectivity index (χ0n) is 15.4. The lowest BCUT2D eigenvalue weighted by Crippen LogP contribution is -2.33. The highest BCUT2D eigenvalue weighted by Gasteiger charge is 2.24. The first kappa shape index (κ1) is 20.1. The lowest BCUT2D eigenvalue weighted by atomic mass is 10.2. The Morgan fingerprint density at radius 2 is 2.07 bits per heavy atom. The smallest absolute Gasteiger partial charge is 0.342 e. The molecule has 0 unspecified atom stereocenters. The van der Waals surface area contributed by atoms with Crippen LogP contribution in [-0.2, 0) is 25.6 Å². The summed E-state index contributed by atoms with van der Waals surface area (Å²) in [5.74, 6) is -1.26. The summed E-state index contributed by atoms with van der Waals surface area (Å²) in [6.07, 6.45) is 1.77. The molecule has 0 aliphatic rings. The largest absolute Gasteiger partial charge is 0.469 e. The van der Waals surface area contributed by atoms with E-state index in [4.69, 9.17) is 9.15 Å². The minimum absolute atomic E-state index is 0.00953. The quantitative estimate of drug-likeness (QED) is 0.520. The van der Waals surface area contributed by atoms with Crippen LogP contribution in [0.25, 0.3) is 11.1 Å². The fourth-order valence-corrected chi connectivity index (χ4v) is 2.47. The van der Waals surface area contributed by atoms with Gasteiger partial charge in [0.15, 0.2) is 0 Å². The van der Waals surface area contributed by atoms with Crippen LogP contribution in [0, 0.1) is 6.92 Å². The molecule has 0 aromatic carbocycles. The standard InChI is InChI=1S/C17H21N3O7/c1-4-26-17(24)13-10(2)27-15-14(13)16(23)20(9-19-15)8-11(21)18-7-5-6-12(22)25-3/h9H,4-8H2,1-3H3,(H,18,21). The van der Waals surface area contributed by atoms with E-state index in [1.54, 1.807) is 6.92 Å². The number of fused-ring (bicyclic) bond motifs is 1. The van der Waals surface area contributed by atoms with Crippen molar-refractivity contribution in [2.45, 2.75) is 33.2 Å². The predicted molar refractivity (Wildman–Crippen MR) is 93.2 cm³/mol. The van der Waals surface area contributed by atoms with Gasteiger partial charge < -0.3 is 19.2 Å². The number of amides is 1. The molecule has 0 atom stereocenters. The highest BCUT2D eigenvalue weighted by atomic mass is 16.5. The van der Waals surface area contributed by atoms with Crippen molar-refractivity contribution in [3.05, 3.63) is 28.0 Å². The average molecular weight is 379 g/mol. The zero-order valence-corrected chi connectivity index (χ0v) is 15.4. The van der Waals surface area contributed by atoms with Crippen molar-refractivity contribution in [3.8, 4) is 0 Å². The van der Waals surface area contributed by atoms with E-state index >= 15 is 0 Å². The summed E-state index contributed by atoms with van der Waals surface area (Å²) < 4.78 is 15.9. The molecule has 2 heterocycles. The number of ether oxygens (including phenoxy) is 2. The van der Waals surface area contributed by atoms with Gasteiger partial charge in [0, 0.05) is 13.0 Å². The monoisotopic (exact) mass is 379 g/mol. The van der Waals surface area contributed by atoms with Gasteiger partial charge in [-0.3, -0.25) is 19.0 Å². The normalized spacial score (nSPS) is 10.6. The van der Waals surface area contributed by atoms with Crippen LogP contribution in [0.2, 0.25) is 0 Å². The van der Waals surface area contributed by atoms with E-state index in [0.29, 0.717) is 6.42 Å². The highest BCUT2D eigenvalue weighted by molar-refractivity contribution is 6.03. The first-order valence-corrected chi connectivity index (χ1v) is 8.38. The Balaban J connectivity index is 2.15. The van der Waals surface area contributed by atoms with Crippen molar-refractivity contribution in [1.29, 1.82) is 0 Å².